The minimum atomic E-state index is -0.263. The van der Waals surface area contributed by atoms with Crippen LogP contribution < -0.4 is 4.74 Å². The smallest absolute Gasteiger partial charge is 0.223 e. The number of benzene rings is 1. The molecule has 0 bridgehead atoms. The van der Waals surface area contributed by atoms with E-state index in [1.165, 1.54) is 0 Å². The summed E-state index contributed by atoms with van der Waals surface area (Å²) in [5.41, 5.74) is 1.54. The number of fused-ring (bicyclic) bond motifs is 1. The fraction of sp³-hybridized carbons (Fsp3) is 0.474. The lowest BCUT2D eigenvalue weighted by Crippen LogP contribution is -2.40. The molecule has 1 aromatic carbocycles. The number of ether oxygens (including phenoxy) is 1. The van der Waals surface area contributed by atoms with Crippen LogP contribution in [-0.4, -0.2) is 28.7 Å². The Labute approximate surface area is 138 Å². The maximum Gasteiger partial charge on any atom is 0.223 e. The van der Waals surface area contributed by atoms with E-state index in [9.17, 15) is 9.59 Å². The van der Waals surface area contributed by atoms with Gasteiger partial charge in [0.2, 0.25) is 5.91 Å². The lowest BCUT2D eigenvalue weighted by Gasteiger charge is -2.31. The molecule has 4 nitrogen and oxygen atoms in total. The van der Waals surface area contributed by atoms with Crippen molar-refractivity contribution in [1.82, 2.24) is 4.90 Å². The van der Waals surface area contributed by atoms with Crippen molar-refractivity contribution in [2.24, 2.45) is 0 Å². The zero-order chi connectivity index (χ0) is 17.0. The van der Waals surface area contributed by atoms with Gasteiger partial charge in [-0.1, -0.05) is 12.1 Å². The van der Waals surface area contributed by atoms with Crippen molar-refractivity contribution in [1.29, 1.82) is 0 Å². The third-order valence-electron chi connectivity index (χ3n) is 3.92. The van der Waals surface area contributed by atoms with E-state index in [-0.39, 0.29) is 17.2 Å². The molecular formula is C19H25NO3. The monoisotopic (exact) mass is 315 g/mol. The summed E-state index contributed by atoms with van der Waals surface area (Å²) in [5, 5.41) is 0. The zero-order valence-corrected chi connectivity index (χ0v) is 14.4. The molecule has 1 aliphatic carbocycles. The SMILES string of the molecule is CC(=O)N(/C=C/COc1cccc2c1CCCC2=O)C(C)(C)C. The second-order valence-corrected chi connectivity index (χ2v) is 6.81. The number of carbonyl (C=O) groups is 2. The van der Waals surface area contributed by atoms with Gasteiger partial charge in [-0.05, 0) is 45.8 Å². The summed E-state index contributed by atoms with van der Waals surface area (Å²) in [7, 11) is 0. The second kappa shape index (κ2) is 6.99. The standard InChI is InChI=1S/C19H25NO3/c1-14(21)20(19(2,3)4)12-7-13-23-18-11-6-8-15-16(18)9-5-10-17(15)22/h6-8,11-12H,5,9-10,13H2,1-4H3/b12-7+. The maximum absolute atomic E-state index is 11.9. The van der Waals surface area contributed by atoms with E-state index in [2.05, 4.69) is 0 Å². The van der Waals surface area contributed by atoms with Gasteiger partial charge >= 0.3 is 0 Å². The lowest BCUT2D eigenvalue weighted by atomic mass is 9.90. The van der Waals surface area contributed by atoms with Gasteiger partial charge in [0.05, 0.1) is 0 Å². The molecule has 0 atom stereocenters. The quantitative estimate of drug-likeness (QED) is 0.850. The Morgan fingerprint density at radius 1 is 1.30 bits per heavy atom. The van der Waals surface area contributed by atoms with Gasteiger partial charge in [0, 0.05) is 36.2 Å². The van der Waals surface area contributed by atoms with Crippen LogP contribution in [0.5, 0.6) is 5.75 Å². The predicted molar refractivity (Wildman–Crippen MR) is 90.6 cm³/mol. The number of carbonyl (C=O) groups excluding carboxylic acids is 2. The average molecular weight is 315 g/mol. The van der Waals surface area contributed by atoms with Crippen molar-refractivity contribution in [3.63, 3.8) is 0 Å². The Bertz CT molecular complexity index is 626. The molecule has 124 valence electrons. The summed E-state index contributed by atoms with van der Waals surface area (Å²) >= 11 is 0. The highest BCUT2D eigenvalue weighted by atomic mass is 16.5. The first kappa shape index (κ1) is 17.3. The molecule has 0 spiro atoms. The van der Waals surface area contributed by atoms with Crippen molar-refractivity contribution >= 4 is 11.7 Å². The summed E-state index contributed by atoms with van der Waals surface area (Å²) < 4.78 is 5.82. The molecule has 1 amide bonds. The van der Waals surface area contributed by atoms with Crippen molar-refractivity contribution in [2.75, 3.05) is 6.61 Å². The first-order valence-electron chi connectivity index (χ1n) is 8.05. The van der Waals surface area contributed by atoms with Crippen LogP contribution in [0, 0.1) is 0 Å². The average Bonchev–Trinajstić information content (AvgIpc) is 2.46. The fourth-order valence-electron chi connectivity index (χ4n) is 2.87. The number of hydrogen-bond acceptors (Lipinski definition) is 3. The van der Waals surface area contributed by atoms with E-state index in [0.29, 0.717) is 13.0 Å². The molecule has 0 unspecified atom stereocenters. The Hall–Kier alpha value is -2.10. The third-order valence-corrected chi connectivity index (χ3v) is 3.92. The minimum Gasteiger partial charge on any atom is -0.489 e. The molecule has 0 heterocycles. The van der Waals surface area contributed by atoms with Gasteiger partial charge in [0.1, 0.15) is 12.4 Å². The van der Waals surface area contributed by atoms with Gasteiger partial charge in [0.25, 0.3) is 0 Å². The van der Waals surface area contributed by atoms with Crippen molar-refractivity contribution in [3.05, 3.63) is 41.6 Å². The maximum atomic E-state index is 11.9. The van der Waals surface area contributed by atoms with Gasteiger partial charge in [-0.15, -0.1) is 0 Å². The van der Waals surface area contributed by atoms with Crippen molar-refractivity contribution in [3.8, 4) is 5.75 Å². The predicted octanol–water partition coefficient (Wildman–Crippen LogP) is 3.75. The molecule has 0 aromatic heterocycles. The van der Waals surface area contributed by atoms with Gasteiger partial charge in [-0.25, -0.2) is 0 Å². The topological polar surface area (TPSA) is 46.6 Å². The van der Waals surface area contributed by atoms with Crippen LogP contribution in [0.2, 0.25) is 0 Å². The highest BCUT2D eigenvalue weighted by molar-refractivity contribution is 5.99. The summed E-state index contributed by atoms with van der Waals surface area (Å²) in [5.74, 6) is 0.963. The third kappa shape index (κ3) is 4.21. The van der Waals surface area contributed by atoms with Crippen LogP contribution >= 0.6 is 0 Å². The summed E-state index contributed by atoms with van der Waals surface area (Å²) in [6, 6.07) is 5.63. The Kier molecular flexibility index (Phi) is 5.24. The molecule has 1 aromatic rings. The first-order chi connectivity index (χ1) is 10.8. The highest BCUT2D eigenvalue weighted by Crippen LogP contribution is 2.29. The Morgan fingerprint density at radius 2 is 2.04 bits per heavy atom. The van der Waals surface area contributed by atoms with Gasteiger partial charge in [0.15, 0.2) is 5.78 Å². The van der Waals surface area contributed by atoms with E-state index in [1.807, 2.05) is 45.0 Å². The molecule has 4 heteroatoms. The number of nitrogens with zero attached hydrogens (tertiary/aromatic N) is 1. The molecule has 0 saturated carbocycles. The number of Topliss-reactive ketones (excluding diaryl/α,β-unsaturated/α-hetero) is 1. The highest BCUT2D eigenvalue weighted by Gasteiger charge is 2.22. The Balaban J connectivity index is 2.05. The minimum absolute atomic E-state index is 0.00330. The number of hydrogen-bond donors (Lipinski definition) is 0. The summed E-state index contributed by atoms with van der Waals surface area (Å²) in [4.78, 5) is 25.3. The molecule has 1 aliphatic rings. The number of amides is 1. The van der Waals surface area contributed by atoms with Crippen LogP contribution in [0.25, 0.3) is 0 Å². The Morgan fingerprint density at radius 3 is 2.70 bits per heavy atom. The van der Waals surface area contributed by atoms with E-state index in [1.54, 1.807) is 18.0 Å². The van der Waals surface area contributed by atoms with Crippen molar-refractivity contribution in [2.45, 2.75) is 52.5 Å². The largest absolute Gasteiger partial charge is 0.489 e. The van der Waals surface area contributed by atoms with Crippen molar-refractivity contribution < 1.29 is 14.3 Å². The lowest BCUT2D eigenvalue weighted by molar-refractivity contribution is -0.129. The number of ketones is 1. The van der Waals surface area contributed by atoms with Crippen LogP contribution in [0.15, 0.2) is 30.5 Å². The molecule has 23 heavy (non-hydrogen) atoms. The summed E-state index contributed by atoms with van der Waals surface area (Å²) in [6.45, 7) is 7.87. The fourth-order valence-corrected chi connectivity index (χ4v) is 2.87. The van der Waals surface area contributed by atoms with E-state index in [4.69, 9.17) is 4.74 Å². The van der Waals surface area contributed by atoms with Crippen LogP contribution in [0.4, 0.5) is 0 Å². The van der Waals surface area contributed by atoms with Gasteiger partial charge in [-0.2, -0.15) is 0 Å². The zero-order valence-electron chi connectivity index (χ0n) is 14.4. The molecule has 0 radical (unpaired) electrons. The van der Waals surface area contributed by atoms with Crippen LogP contribution in [-0.2, 0) is 11.2 Å². The molecular weight excluding hydrogens is 290 g/mol. The normalized spacial score (nSPS) is 14.7. The molecule has 2 rings (SSSR count). The number of rotatable bonds is 4. The van der Waals surface area contributed by atoms with E-state index < -0.39 is 0 Å². The first-order valence-corrected chi connectivity index (χ1v) is 8.05. The molecule has 0 aliphatic heterocycles. The molecule has 0 fully saturated rings. The van der Waals surface area contributed by atoms with Crippen LogP contribution in [0.3, 0.4) is 0 Å². The van der Waals surface area contributed by atoms with E-state index in [0.717, 1.165) is 29.7 Å². The summed E-state index contributed by atoms with van der Waals surface area (Å²) in [6.07, 6.45) is 5.97. The van der Waals surface area contributed by atoms with Gasteiger partial charge < -0.3 is 9.64 Å². The van der Waals surface area contributed by atoms with E-state index >= 15 is 0 Å². The second-order valence-electron chi connectivity index (χ2n) is 6.81. The van der Waals surface area contributed by atoms with Gasteiger partial charge in [-0.3, -0.25) is 9.59 Å². The molecule has 0 saturated heterocycles. The van der Waals surface area contributed by atoms with Crippen LogP contribution in [0.1, 0.15) is 56.5 Å². The molecule has 0 N–H and O–H groups in total.